The van der Waals surface area contributed by atoms with Crippen LogP contribution in [0.5, 0.6) is 0 Å². The first-order chi connectivity index (χ1) is 20.7. The Morgan fingerprint density at radius 2 is 1.44 bits per heavy atom. The van der Waals surface area contributed by atoms with Gasteiger partial charge >= 0.3 is 65.3 Å². The van der Waals surface area contributed by atoms with Gasteiger partial charge in [-0.1, -0.05) is 90.5 Å². The Kier molecular flexibility index (Phi) is 15.1. The number of rotatable bonds is 7. The van der Waals surface area contributed by atoms with Crippen molar-refractivity contribution in [2.45, 2.75) is 11.3 Å². The first-order valence-corrected chi connectivity index (χ1v) is 14.3. The minimum Gasteiger partial charge on any atom is -0.744 e. The Morgan fingerprint density at radius 1 is 0.778 bits per heavy atom. The summed E-state index contributed by atoms with van der Waals surface area (Å²) >= 11 is 0. The fourth-order valence-electron chi connectivity index (χ4n) is 4.63. The van der Waals surface area contributed by atoms with Crippen LogP contribution >= 0.6 is 0 Å². The molecular weight excluding hydrogens is 610 g/mol. The topological polar surface area (TPSA) is 131 Å². The number of carboxylic acids is 1. The van der Waals surface area contributed by atoms with Crippen molar-refractivity contribution < 1.29 is 91.6 Å². The monoisotopic (exact) mass is 633 g/mol. The van der Waals surface area contributed by atoms with Crippen LogP contribution in [0.25, 0.3) is 11.6 Å². The van der Waals surface area contributed by atoms with E-state index in [-0.39, 0.29) is 75.7 Å². The first kappa shape index (κ1) is 37.8. The van der Waals surface area contributed by atoms with Crippen LogP contribution in [0.1, 0.15) is 38.2 Å². The van der Waals surface area contributed by atoms with Gasteiger partial charge in [0.25, 0.3) is 0 Å². The zero-order valence-electron chi connectivity index (χ0n) is 24.6. The Balaban J connectivity index is 0.00000136. The van der Waals surface area contributed by atoms with E-state index in [9.17, 15) is 22.9 Å². The van der Waals surface area contributed by atoms with E-state index >= 15 is 0 Å². The molecular formula is C35H23Na2O7S-. The van der Waals surface area contributed by atoms with Crippen molar-refractivity contribution in [3.63, 3.8) is 0 Å². The van der Waals surface area contributed by atoms with Crippen LogP contribution in [-0.4, -0.2) is 25.1 Å². The average Bonchev–Trinajstić information content (AvgIpc) is 3.00. The summed E-state index contributed by atoms with van der Waals surface area (Å²) in [5.74, 6) is -1.25. The maximum Gasteiger partial charge on any atom is 1.00 e. The van der Waals surface area contributed by atoms with E-state index in [4.69, 9.17) is 9.59 Å². The molecule has 0 aromatic heterocycles. The summed E-state index contributed by atoms with van der Waals surface area (Å²) in [6.45, 7) is 0. The fourth-order valence-corrected chi connectivity index (χ4v) is 5.31. The Bertz CT molecular complexity index is 2000. The van der Waals surface area contributed by atoms with Gasteiger partial charge in [0.15, 0.2) is 0 Å². The zero-order valence-corrected chi connectivity index (χ0v) is 29.4. The molecule has 5 rings (SSSR count). The normalized spacial score (nSPS) is 10.1. The number of hydrogen-bond acceptors (Lipinski definition) is 7. The predicted molar refractivity (Wildman–Crippen MR) is 156 cm³/mol. The van der Waals surface area contributed by atoms with Crippen molar-refractivity contribution in [1.29, 1.82) is 0 Å². The second kappa shape index (κ2) is 17.9. The fraction of sp³-hybridized carbons (Fsp3) is 0.0286. The molecule has 7 nitrogen and oxygen atoms in total. The molecule has 0 bridgehead atoms. The van der Waals surface area contributed by atoms with Crippen LogP contribution in [0, 0.1) is 6.07 Å². The van der Waals surface area contributed by atoms with Gasteiger partial charge in [-0.2, -0.15) is 45.5 Å². The van der Waals surface area contributed by atoms with E-state index in [1.54, 1.807) is 24.3 Å². The molecule has 0 fully saturated rings. The summed E-state index contributed by atoms with van der Waals surface area (Å²) < 4.78 is 36.6. The molecule has 0 aliphatic carbocycles. The van der Waals surface area contributed by atoms with Gasteiger partial charge in [-0.05, 0) is 57.3 Å². The second-order valence-electron chi connectivity index (χ2n) is 9.37. The van der Waals surface area contributed by atoms with Crippen LogP contribution in [0.3, 0.4) is 0 Å². The van der Waals surface area contributed by atoms with Gasteiger partial charge in [-0.3, -0.25) is 0 Å². The molecule has 5 aromatic carbocycles. The predicted octanol–water partition coefficient (Wildman–Crippen LogP) is -3.15. The summed E-state index contributed by atoms with van der Waals surface area (Å²) in [6, 6.07) is 38.7. The summed E-state index contributed by atoms with van der Waals surface area (Å²) in [4.78, 5) is 27.2. The van der Waals surface area contributed by atoms with E-state index in [1.165, 1.54) is 24.3 Å². The van der Waals surface area contributed by atoms with E-state index in [1.807, 2.05) is 78.9 Å². The minimum absolute atomic E-state index is 0. The van der Waals surface area contributed by atoms with Gasteiger partial charge in [0.05, 0.1) is 10.9 Å². The molecule has 10 heteroatoms. The Hall–Kier alpha value is -3.40. The standard InChI is InChI=1S/C34H25O5S.CO2.2Na/c35-34(36)30-10-6-9-27(23-30)22-26-15-19-29(20-16-26)33(31-11-4-5-12-32(31)40(37,38)39)28-17-13-25(14-18-28)21-24-7-2-1-3-8-24;2-1-3;;/h1-2,4-20,22-23H,21H2,(H,35,36)(H,37,38,39);;;/q-1;;2*+1/p-2. The average molecular weight is 634 g/mol. The third-order valence-corrected chi connectivity index (χ3v) is 7.40. The summed E-state index contributed by atoms with van der Waals surface area (Å²) in [6.07, 6.45) is 2.81. The summed E-state index contributed by atoms with van der Waals surface area (Å²) in [5, 5.41) is 12.8. The van der Waals surface area contributed by atoms with Crippen LogP contribution in [0.2, 0.25) is 0 Å². The maximum atomic E-state index is 12.2. The number of carboxylic acid groups (broad SMARTS) is 1. The minimum atomic E-state index is -4.74. The van der Waals surface area contributed by atoms with Gasteiger partial charge < -0.3 is 14.5 Å². The molecule has 0 unspecified atom stereocenters. The maximum absolute atomic E-state index is 12.2. The second-order valence-corrected chi connectivity index (χ2v) is 10.7. The molecule has 45 heavy (non-hydrogen) atoms. The zero-order chi connectivity index (χ0) is 30.8. The molecule has 0 aliphatic heterocycles. The van der Waals surface area contributed by atoms with Crippen LogP contribution in [0.15, 0.2) is 126 Å². The molecule has 0 saturated carbocycles. The van der Waals surface area contributed by atoms with E-state index in [0.717, 1.165) is 33.5 Å². The van der Waals surface area contributed by atoms with E-state index < -0.39 is 16.1 Å². The van der Waals surface area contributed by atoms with Gasteiger partial charge in [0.1, 0.15) is 10.1 Å². The molecule has 0 heterocycles. The number of aromatic carboxylic acids is 1. The van der Waals surface area contributed by atoms with Crippen molar-refractivity contribution in [3.05, 3.63) is 171 Å². The van der Waals surface area contributed by atoms with E-state index in [2.05, 4.69) is 6.07 Å². The SMILES string of the molecule is O=C([O-])c1cccc(C=c2ccc(=C(c3ccc(Cc4c[c-]ccc4)cc3)c3ccccc3S(=O)(=O)[O-])cc2)c1.O=C=O.[Na+].[Na+]. The summed E-state index contributed by atoms with van der Waals surface area (Å²) in [7, 11) is -4.74. The number of carbonyl (C=O) groups excluding carboxylic acids is 3. The molecule has 0 radical (unpaired) electrons. The molecule has 0 spiro atoms. The quantitative estimate of drug-likeness (QED) is 0.105. The number of benzene rings is 5. The van der Waals surface area contributed by atoms with Crippen molar-refractivity contribution in [1.82, 2.24) is 0 Å². The molecule has 0 N–H and O–H groups in total. The molecule has 5 aromatic rings. The third kappa shape index (κ3) is 10.6. The molecule has 0 aliphatic rings. The molecule has 214 valence electrons. The third-order valence-electron chi connectivity index (χ3n) is 6.50. The molecule has 0 amide bonds. The summed E-state index contributed by atoms with van der Waals surface area (Å²) in [5.41, 5.74) is 4.69. The van der Waals surface area contributed by atoms with Crippen molar-refractivity contribution in [2.75, 3.05) is 0 Å². The first-order valence-electron chi connectivity index (χ1n) is 12.9. The van der Waals surface area contributed by atoms with Crippen LogP contribution in [0.4, 0.5) is 0 Å². The van der Waals surface area contributed by atoms with Crippen molar-refractivity contribution >= 4 is 33.9 Å². The van der Waals surface area contributed by atoms with Gasteiger partial charge in [0, 0.05) is 5.56 Å². The molecule has 0 atom stereocenters. The van der Waals surface area contributed by atoms with Crippen molar-refractivity contribution in [2.24, 2.45) is 0 Å². The number of carbonyl (C=O) groups is 1. The van der Waals surface area contributed by atoms with Crippen molar-refractivity contribution in [3.8, 4) is 0 Å². The van der Waals surface area contributed by atoms with Crippen LogP contribution < -0.4 is 74.7 Å². The molecule has 0 saturated heterocycles. The Morgan fingerprint density at radius 3 is 2.04 bits per heavy atom. The van der Waals surface area contributed by atoms with Gasteiger partial charge in [0.2, 0.25) is 0 Å². The van der Waals surface area contributed by atoms with Crippen LogP contribution in [-0.2, 0) is 26.1 Å². The smallest absolute Gasteiger partial charge is 0.744 e. The largest absolute Gasteiger partial charge is 1.00 e. The van der Waals surface area contributed by atoms with Gasteiger partial charge in [-0.15, -0.1) is 0 Å². The van der Waals surface area contributed by atoms with E-state index in [0.29, 0.717) is 16.7 Å². The number of hydrogen-bond donors (Lipinski definition) is 0. The van der Waals surface area contributed by atoms with Gasteiger partial charge in [-0.25, -0.2) is 8.42 Å². The Labute approximate surface area is 305 Å².